The first-order valence-corrected chi connectivity index (χ1v) is 7.06. The maximum absolute atomic E-state index is 12.6. The Morgan fingerprint density at radius 3 is 2.53 bits per heavy atom. The van der Waals surface area contributed by atoms with Gasteiger partial charge in [0.2, 0.25) is 0 Å². The van der Waals surface area contributed by atoms with Crippen molar-refractivity contribution in [2.24, 2.45) is 7.05 Å². The average Bonchev–Trinajstić information content (AvgIpc) is 2.65. The number of tetrazole rings is 1. The first-order chi connectivity index (χ1) is 9.16. The van der Waals surface area contributed by atoms with Crippen molar-refractivity contribution in [1.82, 2.24) is 20.2 Å². The van der Waals surface area contributed by atoms with E-state index in [4.69, 9.17) is 4.74 Å². The highest BCUT2D eigenvalue weighted by Crippen LogP contribution is 2.32. The Morgan fingerprint density at radius 2 is 2.00 bits per heavy atom. The zero-order valence-electron chi connectivity index (χ0n) is 11.8. The van der Waals surface area contributed by atoms with Gasteiger partial charge in [-0.3, -0.25) is 4.79 Å². The van der Waals surface area contributed by atoms with E-state index in [2.05, 4.69) is 15.4 Å². The second kappa shape index (κ2) is 6.23. The molecular formula is C13H22N4O2. The van der Waals surface area contributed by atoms with Gasteiger partial charge in [0.05, 0.1) is 13.5 Å². The van der Waals surface area contributed by atoms with Gasteiger partial charge in [-0.2, -0.15) is 4.80 Å². The van der Waals surface area contributed by atoms with Crippen LogP contribution in [0.15, 0.2) is 0 Å². The molecule has 2 rings (SSSR count). The summed E-state index contributed by atoms with van der Waals surface area (Å²) in [7, 11) is 1.70. The Morgan fingerprint density at radius 1 is 1.32 bits per heavy atom. The molecule has 0 N–H and O–H groups in total. The third-order valence-electron chi connectivity index (χ3n) is 3.71. The maximum atomic E-state index is 12.6. The Bertz CT molecular complexity index is 422. The number of hydrogen-bond acceptors (Lipinski definition) is 5. The first kappa shape index (κ1) is 14.1. The van der Waals surface area contributed by atoms with Crippen molar-refractivity contribution in [2.75, 3.05) is 6.61 Å². The number of hydrogen-bond donors (Lipinski definition) is 0. The van der Waals surface area contributed by atoms with Crippen molar-refractivity contribution in [3.05, 3.63) is 5.82 Å². The second-order valence-corrected chi connectivity index (χ2v) is 5.14. The highest BCUT2D eigenvalue weighted by molar-refractivity contribution is 5.88. The van der Waals surface area contributed by atoms with Gasteiger partial charge in [-0.1, -0.05) is 25.7 Å². The minimum Gasteiger partial charge on any atom is -0.367 e. The number of aromatic nitrogens is 4. The molecule has 1 fully saturated rings. The highest BCUT2D eigenvalue weighted by Gasteiger charge is 2.39. The van der Waals surface area contributed by atoms with Gasteiger partial charge in [0.25, 0.3) is 0 Å². The summed E-state index contributed by atoms with van der Waals surface area (Å²) in [5.41, 5.74) is -0.621. The molecule has 0 unspecified atom stereocenters. The molecule has 6 heteroatoms. The minimum absolute atomic E-state index is 0.101. The molecule has 0 saturated heterocycles. The van der Waals surface area contributed by atoms with Gasteiger partial charge in [-0.05, 0) is 25.0 Å². The van der Waals surface area contributed by atoms with Crippen molar-refractivity contribution in [3.8, 4) is 0 Å². The number of rotatable bonds is 5. The Hall–Kier alpha value is -1.30. The predicted octanol–water partition coefficient (Wildman–Crippen LogP) is 1.45. The van der Waals surface area contributed by atoms with E-state index in [1.54, 1.807) is 7.05 Å². The lowest BCUT2D eigenvalue weighted by Gasteiger charge is -2.30. The molecule has 0 aromatic carbocycles. The van der Waals surface area contributed by atoms with E-state index >= 15 is 0 Å². The summed E-state index contributed by atoms with van der Waals surface area (Å²) >= 11 is 0. The molecule has 1 aliphatic carbocycles. The van der Waals surface area contributed by atoms with Crippen LogP contribution in [-0.2, 0) is 23.0 Å². The van der Waals surface area contributed by atoms with Crippen molar-refractivity contribution in [1.29, 1.82) is 0 Å². The lowest BCUT2D eigenvalue weighted by molar-refractivity contribution is -0.145. The molecule has 0 atom stereocenters. The van der Waals surface area contributed by atoms with Crippen LogP contribution >= 0.6 is 0 Å². The van der Waals surface area contributed by atoms with Gasteiger partial charge in [-0.15, -0.1) is 10.2 Å². The Balaban J connectivity index is 2.10. The van der Waals surface area contributed by atoms with Gasteiger partial charge >= 0.3 is 0 Å². The van der Waals surface area contributed by atoms with Crippen LogP contribution in [0.2, 0.25) is 0 Å². The summed E-state index contributed by atoms with van der Waals surface area (Å²) in [4.78, 5) is 14.0. The van der Waals surface area contributed by atoms with Gasteiger partial charge < -0.3 is 4.74 Å². The lowest BCUT2D eigenvalue weighted by Crippen LogP contribution is -2.42. The van der Waals surface area contributed by atoms with Crippen LogP contribution in [0.4, 0.5) is 0 Å². The van der Waals surface area contributed by atoms with Crippen molar-refractivity contribution in [3.63, 3.8) is 0 Å². The fourth-order valence-corrected chi connectivity index (χ4v) is 2.78. The molecule has 0 aliphatic heterocycles. The number of Topliss-reactive ketones (excluding diaryl/α,β-unsaturated/α-hetero) is 1. The summed E-state index contributed by atoms with van der Waals surface area (Å²) in [5, 5.41) is 11.7. The SMILES string of the molecule is CCOC1(C(=O)Cc2nnn(C)n2)CCCCCC1. The van der Waals surface area contributed by atoms with Crippen LogP contribution in [0.25, 0.3) is 0 Å². The fourth-order valence-electron chi connectivity index (χ4n) is 2.78. The van der Waals surface area contributed by atoms with Crippen molar-refractivity contribution < 1.29 is 9.53 Å². The normalized spacial score (nSPS) is 19.1. The molecule has 106 valence electrons. The molecule has 0 spiro atoms. The highest BCUT2D eigenvalue weighted by atomic mass is 16.5. The van der Waals surface area contributed by atoms with Gasteiger partial charge in [0.1, 0.15) is 5.60 Å². The summed E-state index contributed by atoms with van der Waals surface area (Å²) < 4.78 is 5.86. The smallest absolute Gasteiger partial charge is 0.182 e. The van der Waals surface area contributed by atoms with Crippen LogP contribution in [-0.4, -0.2) is 38.2 Å². The minimum atomic E-state index is -0.621. The summed E-state index contributed by atoms with van der Waals surface area (Å²) in [6, 6.07) is 0. The number of aryl methyl sites for hydroxylation is 1. The molecule has 1 heterocycles. The van der Waals surface area contributed by atoms with Crippen LogP contribution in [0, 0.1) is 0 Å². The zero-order valence-corrected chi connectivity index (χ0v) is 11.8. The van der Waals surface area contributed by atoms with Crippen molar-refractivity contribution >= 4 is 5.78 Å². The van der Waals surface area contributed by atoms with E-state index in [0.29, 0.717) is 12.4 Å². The maximum Gasteiger partial charge on any atom is 0.182 e. The molecular weight excluding hydrogens is 244 g/mol. The monoisotopic (exact) mass is 266 g/mol. The molecule has 0 bridgehead atoms. The first-order valence-electron chi connectivity index (χ1n) is 7.06. The van der Waals surface area contributed by atoms with Crippen LogP contribution in [0.1, 0.15) is 51.3 Å². The van der Waals surface area contributed by atoms with Gasteiger partial charge in [0.15, 0.2) is 11.6 Å². The molecule has 6 nitrogen and oxygen atoms in total. The predicted molar refractivity (Wildman–Crippen MR) is 69.6 cm³/mol. The number of carbonyl (C=O) groups is 1. The summed E-state index contributed by atoms with van der Waals surface area (Å²) in [6.45, 7) is 2.51. The Labute approximate surface area is 113 Å². The van der Waals surface area contributed by atoms with E-state index < -0.39 is 5.60 Å². The fraction of sp³-hybridized carbons (Fsp3) is 0.846. The third-order valence-corrected chi connectivity index (χ3v) is 3.71. The van der Waals surface area contributed by atoms with Crippen LogP contribution in [0.3, 0.4) is 0 Å². The van der Waals surface area contributed by atoms with Crippen molar-refractivity contribution in [2.45, 2.75) is 57.5 Å². The number of ketones is 1. The van der Waals surface area contributed by atoms with E-state index in [0.717, 1.165) is 25.7 Å². The van der Waals surface area contributed by atoms with Gasteiger partial charge in [0, 0.05) is 6.61 Å². The van der Waals surface area contributed by atoms with E-state index in [1.807, 2.05) is 6.92 Å². The Kier molecular flexibility index (Phi) is 4.63. The number of nitrogens with zero attached hydrogens (tertiary/aromatic N) is 4. The lowest BCUT2D eigenvalue weighted by atomic mass is 9.87. The number of ether oxygens (including phenoxy) is 1. The van der Waals surface area contributed by atoms with Crippen LogP contribution in [0.5, 0.6) is 0 Å². The van der Waals surface area contributed by atoms with E-state index in [-0.39, 0.29) is 12.2 Å². The molecule has 1 saturated carbocycles. The summed E-state index contributed by atoms with van der Waals surface area (Å²) in [6.07, 6.45) is 6.34. The summed E-state index contributed by atoms with van der Waals surface area (Å²) in [5.74, 6) is 0.583. The molecule has 0 radical (unpaired) electrons. The molecule has 1 aromatic heterocycles. The van der Waals surface area contributed by atoms with Gasteiger partial charge in [-0.25, -0.2) is 0 Å². The molecule has 0 amide bonds. The zero-order chi connectivity index (χ0) is 13.7. The number of carbonyl (C=O) groups excluding carboxylic acids is 1. The topological polar surface area (TPSA) is 69.9 Å². The van der Waals surface area contributed by atoms with E-state index in [9.17, 15) is 4.79 Å². The third kappa shape index (κ3) is 3.37. The molecule has 1 aromatic rings. The average molecular weight is 266 g/mol. The quantitative estimate of drug-likeness (QED) is 0.754. The molecule has 1 aliphatic rings. The van der Waals surface area contributed by atoms with E-state index in [1.165, 1.54) is 17.6 Å². The second-order valence-electron chi connectivity index (χ2n) is 5.14. The standard InChI is InChI=1S/C13H22N4O2/c1-3-19-13(8-6-4-5-7-9-13)11(18)10-12-14-16-17(2)15-12/h3-10H2,1-2H3. The largest absolute Gasteiger partial charge is 0.367 e. The van der Waals surface area contributed by atoms with Crippen LogP contribution < -0.4 is 0 Å². The molecule has 19 heavy (non-hydrogen) atoms.